The van der Waals surface area contributed by atoms with E-state index in [9.17, 15) is 40.4 Å². The summed E-state index contributed by atoms with van der Waals surface area (Å²) in [4.78, 5) is 40.1. The Hall–Kier alpha value is -3.91. The van der Waals surface area contributed by atoms with Gasteiger partial charge in [-0.2, -0.15) is 8.42 Å². The molecule has 0 radical (unpaired) electrons. The molecule has 3 atom stereocenters. The van der Waals surface area contributed by atoms with Crippen molar-refractivity contribution < 1.29 is 63.7 Å². The van der Waals surface area contributed by atoms with E-state index in [1.54, 1.807) is 6.07 Å². The molecule has 0 aromatic heterocycles. The fourth-order valence-corrected chi connectivity index (χ4v) is 17.1. The number of benzene rings is 2. The zero-order valence-electron chi connectivity index (χ0n) is 53.1. The van der Waals surface area contributed by atoms with E-state index in [0.717, 1.165) is 157 Å². The SMILES string of the molecule is CCCCCCCCCCCCCCCC(=O)OC[C@H](COP(=O)(O)OCCNS(=O)(=O)c1ccc(C2=C3C=C4CCCN5CCCC(=C3Oc3c2cc2c6c3CCCN6CCC2)C45)cc1S(=O)(=O)O)OC(=O)CCCCCCCCCCCCCCC. The highest BCUT2D eigenvalue weighted by atomic mass is 32.2. The van der Waals surface area contributed by atoms with E-state index < -0.39 is 82.2 Å². The maximum absolute atomic E-state index is 14.1. The molecular formula is C68H104N3O14PS2. The summed E-state index contributed by atoms with van der Waals surface area (Å²) >= 11 is 0. The minimum atomic E-state index is -5.18. The summed E-state index contributed by atoms with van der Waals surface area (Å²) < 4.78 is 110. The van der Waals surface area contributed by atoms with Crippen molar-refractivity contribution in [2.45, 2.75) is 267 Å². The van der Waals surface area contributed by atoms with Crippen molar-refractivity contribution in [1.29, 1.82) is 0 Å². The van der Waals surface area contributed by atoms with Crippen LogP contribution in [0.1, 0.15) is 254 Å². The number of allylic oxidation sites excluding steroid dienone is 1. The maximum Gasteiger partial charge on any atom is 0.472 e. The molecule has 20 heteroatoms. The Bertz CT molecular complexity index is 3010. The number of anilines is 1. The molecule has 2 aromatic rings. The zero-order chi connectivity index (χ0) is 62.4. The molecule has 8 rings (SSSR count). The van der Waals surface area contributed by atoms with Crippen molar-refractivity contribution in [2.24, 2.45) is 0 Å². The van der Waals surface area contributed by atoms with Crippen molar-refractivity contribution >= 4 is 51.2 Å². The van der Waals surface area contributed by atoms with Crippen LogP contribution in [0.2, 0.25) is 0 Å². The molecule has 0 bridgehead atoms. The van der Waals surface area contributed by atoms with Gasteiger partial charge in [-0.1, -0.05) is 174 Å². The normalized spacial score (nSPS) is 18.4. The van der Waals surface area contributed by atoms with Gasteiger partial charge in [0.05, 0.1) is 19.3 Å². The molecule has 0 amide bonds. The van der Waals surface area contributed by atoms with Crippen LogP contribution in [-0.2, 0) is 65.7 Å². The van der Waals surface area contributed by atoms with Crippen LogP contribution in [0.5, 0.6) is 5.75 Å². The molecule has 5 aliphatic heterocycles. The monoisotopic (exact) mass is 1280 g/mol. The number of hydrogen-bond acceptors (Lipinski definition) is 14. The number of unbranched alkanes of at least 4 members (excludes halogenated alkanes) is 24. The maximum atomic E-state index is 14.1. The van der Waals surface area contributed by atoms with Crippen LogP contribution in [0, 0.1) is 0 Å². The molecule has 5 heterocycles. The summed E-state index contributed by atoms with van der Waals surface area (Å²) in [5.41, 5.74) is 8.72. The molecule has 3 N–H and O–H groups in total. The number of carbonyl (C=O) groups excluding carboxylic acids is 2. The second-order valence-corrected chi connectivity index (χ2v) is 30.0. The molecule has 88 heavy (non-hydrogen) atoms. The Labute approximate surface area is 527 Å². The van der Waals surface area contributed by atoms with E-state index >= 15 is 0 Å². The summed E-state index contributed by atoms with van der Waals surface area (Å²) in [7, 11) is -14.9. The minimum absolute atomic E-state index is 0.108. The molecule has 2 unspecified atom stereocenters. The summed E-state index contributed by atoms with van der Waals surface area (Å²) in [6.07, 6.45) is 38.7. The predicted molar refractivity (Wildman–Crippen MR) is 346 cm³/mol. The van der Waals surface area contributed by atoms with Gasteiger partial charge in [-0.15, -0.1) is 0 Å². The van der Waals surface area contributed by atoms with E-state index in [4.69, 9.17) is 23.3 Å². The van der Waals surface area contributed by atoms with Crippen LogP contribution in [-0.4, -0.2) is 108 Å². The molecule has 2 aromatic carbocycles. The number of hydrogen-bond donors (Lipinski definition) is 3. The number of carbonyl (C=O) groups is 2. The minimum Gasteiger partial charge on any atom is -0.462 e. The van der Waals surface area contributed by atoms with E-state index in [2.05, 4.69) is 40.5 Å². The van der Waals surface area contributed by atoms with Crippen LogP contribution >= 0.6 is 7.82 Å². The number of nitrogens with one attached hydrogen (secondary N) is 1. The second kappa shape index (κ2) is 35.2. The number of ether oxygens (including phenoxy) is 3. The Kier molecular flexibility index (Phi) is 28.0. The fourth-order valence-electron chi connectivity index (χ4n) is 14.0. The molecule has 2 fully saturated rings. The fraction of sp³-hybridized carbons (Fsp3) is 0.706. The van der Waals surface area contributed by atoms with Crippen LogP contribution in [0.4, 0.5) is 5.69 Å². The van der Waals surface area contributed by atoms with Gasteiger partial charge in [0.25, 0.3) is 10.1 Å². The number of nitrogens with zero attached hydrogens (tertiary/aromatic N) is 2. The lowest BCUT2D eigenvalue weighted by Crippen LogP contribution is -2.47. The van der Waals surface area contributed by atoms with Gasteiger partial charge < -0.3 is 24.0 Å². The summed E-state index contributed by atoms with van der Waals surface area (Å²) in [6, 6.07) is 6.22. The highest BCUT2D eigenvalue weighted by Crippen LogP contribution is 2.54. The summed E-state index contributed by atoms with van der Waals surface area (Å²) in [6.45, 7) is 5.99. The van der Waals surface area contributed by atoms with E-state index in [0.29, 0.717) is 24.0 Å². The van der Waals surface area contributed by atoms with Gasteiger partial charge in [0.1, 0.15) is 27.9 Å². The molecule has 0 saturated carbocycles. The number of aryl methyl sites for hydroxylation is 1. The molecular weight excluding hydrogens is 1180 g/mol. The van der Waals surface area contributed by atoms with Gasteiger partial charge in [0.15, 0.2) is 6.10 Å². The first-order valence-electron chi connectivity index (χ1n) is 34.2. The lowest BCUT2D eigenvalue weighted by atomic mass is 9.75. The van der Waals surface area contributed by atoms with Crippen molar-refractivity contribution in [3.63, 3.8) is 0 Å². The predicted octanol–water partition coefficient (Wildman–Crippen LogP) is 15.1. The van der Waals surface area contributed by atoms with Crippen LogP contribution < -0.4 is 14.4 Å². The van der Waals surface area contributed by atoms with E-state index in [-0.39, 0.29) is 18.9 Å². The highest BCUT2D eigenvalue weighted by molar-refractivity contribution is 7.91. The standard InChI is InChI=1S/C68H104N3O14PS2/c1-3-5-7-9-11-13-15-17-19-21-23-25-27-37-62(72)81-50-55(84-63(73)38-28-26-24-22-20-18-16-14-12-10-8-6-4-2)51-83-86(74,75)82-46-41-69-87(76,77)60-40-39-52(49-61(60)88(78,79)80)64-58-47-53-33-29-42-70-44-31-35-56(65(53)70)67(58)85-68-57-36-32-45-71-43-30-34-54(66(57)71)48-59(64)68/h39-40,47-49,55,65,69H,3-38,41-46,50-51H2,1-2H3,(H,74,75)(H,78,79,80)/t55-,65?/m1/s1. The lowest BCUT2D eigenvalue weighted by Gasteiger charge is -2.46. The molecule has 6 aliphatic rings. The van der Waals surface area contributed by atoms with Gasteiger partial charge in [-0.25, -0.2) is 17.7 Å². The topological polar surface area (TPSA) is 225 Å². The quantitative estimate of drug-likeness (QED) is 0.0243. The van der Waals surface area contributed by atoms with Crippen LogP contribution in [0.15, 0.2) is 62.6 Å². The van der Waals surface area contributed by atoms with Gasteiger partial charge in [0.2, 0.25) is 10.0 Å². The Morgan fingerprint density at radius 2 is 1.23 bits per heavy atom. The van der Waals surface area contributed by atoms with Crippen LogP contribution in [0.3, 0.4) is 0 Å². The van der Waals surface area contributed by atoms with E-state index in [1.165, 1.54) is 138 Å². The molecule has 1 aliphatic carbocycles. The van der Waals surface area contributed by atoms with Gasteiger partial charge >= 0.3 is 19.8 Å². The molecule has 492 valence electrons. The second-order valence-electron chi connectivity index (χ2n) is 25.5. The van der Waals surface area contributed by atoms with Crippen molar-refractivity contribution in [3.8, 4) is 5.75 Å². The first-order valence-corrected chi connectivity index (χ1v) is 38.6. The highest BCUT2D eigenvalue weighted by Gasteiger charge is 2.43. The lowest BCUT2D eigenvalue weighted by molar-refractivity contribution is -0.161. The number of phosphoric acid groups is 1. The smallest absolute Gasteiger partial charge is 0.462 e. The number of piperidine rings is 2. The van der Waals surface area contributed by atoms with Crippen molar-refractivity contribution in [2.75, 3.05) is 57.4 Å². The first-order chi connectivity index (χ1) is 42.6. The molecule has 0 spiro atoms. The summed E-state index contributed by atoms with van der Waals surface area (Å²) in [5, 5.41) is 0. The van der Waals surface area contributed by atoms with Gasteiger partial charge in [-0.05, 0) is 124 Å². The molecule has 2 saturated heterocycles. The Morgan fingerprint density at radius 3 is 1.83 bits per heavy atom. The average molecular weight is 1280 g/mol. The zero-order valence-corrected chi connectivity index (χ0v) is 55.6. The number of fused-ring (bicyclic) bond motifs is 3. The third-order valence-electron chi connectivity index (χ3n) is 18.5. The number of rotatable bonds is 42. The Morgan fingerprint density at radius 1 is 0.670 bits per heavy atom. The third-order valence-corrected chi connectivity index (χ3v) is 22.0. The van der Waals surface area contributed by atoms with E-state index in [1.807, 2.05) is 0 Å². The first kappa shape index (κ1) is 70.0. The molecule has 17 nitrogen and oxygen atoms in total. The largest absolute Gasteiger partial charge is 0.472 e. The number of sulfonamides is 1. The van der Waals surface area contributed by atoms with Gasteiger partial charge in [-0.3, -0.25) is 28.1 Å². The Balaban J connectivity index is 0.868. The average Bonchev–Trinajstić information content (AvgIpc) is 1.07. The van der Waals surface area contributed by atoms with Crippen molar-refractivity contribution in [1.82, 2.24) is 9.62 Å². The van der Waals surface area contributed by atoms with Gasteiger partial charge in [0, 0.05) is 60.4 Å². The number of esters is 2. The summed E-state index contributed by atoms with van der Waals surface area (Å²) in [5.74, 6) is 0.453. The van der Waals surface area contributed by atoms with Crippen molar-refractivity contribution in [3.05, 3.63) is 75.1 Å². The van der Waals surface area contributed by atoms with Crippen LogP contribution in [0.25, 0.3) is 5.57 Å². The third kappa shape index (κ3) is 20.3. The number of phosphoric ester groups is 1.